The van der Waals surface area contributed by atoms with Crippen LogP contribution in [0.1, 0.15) is 19.4 Å². The Labute approximate surface area is 119 Å². The van der Waals surface area contributed by atoms with E-state index in [4.69, 9.17) is 11.6 Å². The van der Waals surface area contributed by atoms with E-state index in [1.807, 2.05) is 12.1 Å². The van der Waals surface area contributed by atoms with Crippen molar-refractivity contribution in [2.75, 3.05) is 20.1 Å². The summed E-state index contributed by atoms with van der Waals surface area (Å²) < 4.78 is 0. The summed E-state index contributed by atoms with van der Waals surface area (Å²) in [5.41, 5.74) is 0.202. The molecule has 0 heterocycles. The molecule has 5 heteroatoms. The van der Waals surface area contributed by atoms with Gasteiger partial charge in [0, 0.05) is 18.1 Å². The predicted molar refractivity (Wildman–Crippen MR) is 77.1 cm³/mol. The van der Waals surface area contributed by atoms with Gasteiger partial charge in [-0.25, -0.2) is 0 Å². The number of aliphatic hydroxyl groups is 1. The number of amides is 1. The van der Waals surface area contributed by atoms with Gasteiger partial charge >= 0.3 is 0 Å². The summed E-state index contributed by atoms with van der Waals surface area (Å²) in [6.45, 7) is 4.62. The fraction of sp³-hybridized carbons (Fsp3) is 0.500. The maximum Gasteiger partial charge on any atom is 0.234 e. The first kappa shape index (κ1) is 16.0. The number of halogens is 1. The lowest BCUT2D eigenvalue weighted by atomic mass is 10.1. The Bertz CT molecular complexity index is 412. The van der Waals surface area contributed by atoms with Gasteiger partial charge in [-0.15, -0.1) is 0 Å². The molecule has 0 saturated carbocycles. The van der Waals surface area contributed by atoms with Crippen LogP contribution in [0, 0.1) is 0 Å². The van der Waals surface area contributed by atoms with Crippen molar-refractivity contribution in [3.05, 3.63) is 34.9 Å². The van der Waals surface area contributed by atoms with E-state index in [1.54, 1.807) is 37.9 Å². The molecule has 1 aromatic carbocycles. The Morgan fingerprint density at radius 3 is 2.47 bits per heavy atom. The molecule has 0 saturated heterocycles. The minimum Gasteiger partial charge on any atom is -0.389 e. The molecule has 4 nitrogen and oxygen atoms in total. The molecule has 0 unspecified atom stereocenters. The predicted octanol–water partition coefficient (Wildman–Crippen LogP) is 1.66. The van der Waals surface area contributed by atoms with Crippen LogP contribution in [0.15, 0.2) is 24.3 Å². The largest absolute Gasteiger partial charge is 0.389 e. The molecule has 0 radical (unpaired) electrons. The summed E-state index contributed by atoms with van der Waals surface area (Å²) in [6, 6.07) is 7.35. The van der Waals surface area contributed by atoms with Crippen LogP contribution in [0.25, 0.3) is 0 Å². The van der Waals surface area contributed by atoms with E-state index in [0.29, 0.717) is 18.1 Å². The van der Waals surface area contributed by atoms with E-state index < -0.39 is 5.60 Å². The summed E-state index contributed by atoms with van der Waals surface area (Å²) in [7, 11) is 1.81. The number of nitrogens with zero attached hydrogens (tertiary/aromatic N) is 1. The van der Waals surface area contributed by atoms with Crippen LogP contribution in [0.2, 0.25) is 5.02 Å². The third-order valence-corrected chi connectivity index (χ3v) is 2.73. The molecule has 1 amide bonds. The molecule has 0 atom stereocenters. The van der Waals surface area contributed by atoms with E-state index in [2.05, 4.69) is 5.32 Å². The highest BCUT2D eigenvalue weighted by Crippen LogP contribution is 2.09. The molecule has 0 aromatic heterocycles. The van der Waals surface area contributed by atoms with Crippen molar-refractivity contribution in [2.24, 2.45) is 0 Å². The number of carbonyl (C=O) groups is 1. The third kappa shape index (κ3) is 7.15. The average Bonchev–Trinajstić information content (AvgIpc) is 2.25. The van der Waals surface area contributed by atoms with Crippen LogP contribution in [0.4, 0.5) is 0 Å². The van der Waals surface area contributed by atoms with Gasteiger partial charge in [0.2, 0.25) is 5.91 Å². The second-order valence-corrected chi connectivity index (χ2v) is 5.82. The van der Waals surface area contributed by atoms with Crippen molar-refractivity contribution in [3.63, 3.8) is 0 Å². The first-order valence-electron chi connectivity index (χ1n) is 6.18. The summed E-state index contributed by atoms with van der Waals surface area (Å²) in [5.74, 6) is -0.0679. The van der Waals surface area contributed by atoms with Crippen molar-refractivity contribution in [3.8, 4) is 0 Å². The van der Waals surface area contributed by atoms with Crippen molar-refractivity contribution in [1.29, 1.82) is 0 Å². The van der Waals surface area contributed by atoms with Gasteiger partial charge in [0.25, 0.3) is 0 Å². The second-order valence-electron chi connectivity index (χ2n) is 5.39. The fourth-order valence-corrected chi connectivity index (χ4v) is 1.95. The summed E-state index contributed by atoms with van der Waals surface area (Å²) in [4.78, 5) is 13.5. The normalized spacial score (nSPS) is 11.7. The molecule has 19 heavy (non-hydrogen) atoms. The molecular weight excluding hydrogens is 264 g/mol. The lowest BCUT2D eigenvalue weighted by molar-refractivity contribution is -0.122. The average molecular weight is 285 g/mol. The Morgan fingerprint density at radius 1 is 1.37 bits per heavy atom. The van der Waals surface area contributed by atoms with Crippen LogP contribution in [0.5, 0.6) is 0 Å². The lowest BCUT2D eigenvalue weighted by Crippen LogP contribution is -2.41. The van der Waals surface area contributed by atoms with Crippen LogP contribution in [-0.2, 0) is 11.3 Å². The molecule has 0 bridgehead atoms. The van der Waals surface area contributed by atoms with Crippen molar-refractivity contribution < 1.29 is 9.90 Å². The Balaban J connectivity index is 2.33. The zero-order valence-corrected chi connectivity index (χ0v) is 12.4. The smallest absolute Gasteiger partial charge is 0.234 e. The van der Waals surface area contributed by atoms with E-state index in [-0.39, 0.29) is 12.5 Å². The minimum atomic E-state index is -0.800. The molecule has 1 rings (SSSR count). The monoisotopic (exact) mass is 284 g/mol. The van der Waals surface area contributed by atoms with E-state index in [1.165, 1.54) is 0 Å². The number of nitrogens with one attached hydrogen (secondary N) is 1. The number of rotatable bonds is 6. The van der Waals surface area contributed by atoms with Gasteiger partial charge in [0.1, 0.15) is 0 Å². The first-order valence-corrected chi connectivity index (χ1v) is 6.56. The Hall–Kier alpha value is -1.10. The minimum absolute atomic E-state index is 0.0679. The van der Waals surface area contributed by atoms with Crippen molar-refractivity contribution in [1.82, 2.24) is 10.2 Å². The van der Waals surface area contributed by atoms with Crippen LogP contribution >= 0.6 is 11.6 Å². The molecule has 2 N–H and O–H groups in total. The van der Waals surface area contributed by atoms with Crippen molar-refractivity contribution >= 4 is 17.5 Å². The summed E-state index contributed by atoms with van der Waals surface area (Å²) in [6.07, 6.45) is 0. The van der Waals surface area contributed by atoms with Gasteiger partial charge in [-0.3, -0.25) is 9.69 Å². The first-order chi connectivity index (χ1) is 8.76. The van der Waals surface area contributed by atoms with E-state index in [9.17, 15) is 9.90 Å². The van der Waals surface area contributed by atoms with Gasteiger partial charge in [0.15, 0.2) is 0 Å². The van der Waals surface area contributed by atoms with Gasteiger partial charge < -0.3 is 10.4 Å². The third-order valence-electron chi connectivity index (χ3n) is 2.47. The second kappa shape index (κ2) is 6.89. The van der Waals surface area contributed by atoms with Crippen LogP contribution < -0.4 is 5.32 Å². The molecule has 0 fully saturated rings. The summed E-state index contributed by atoms with van der Waals surface area (Å²) >= 11 is 5.79. The number of hydrogen-bond donors (Lipinski definition) is 2. The Morgan fingerprint density at radius 2 is 1.95 bits per heavy atom. The maximum atomic E-state index is 11.7. The SMILES string of the molecule is CN(CC(=O)NCc1ccc(Cl)cc1)CC(C)(C)O. The van der Waals surface area contributed by atoms with Gasteiger partial charge in [-0.2, -0.15) is 0 Å². The molecule has 0 spiro atoms. The topological polar surface area (TPSA) is 52.6 Å². The molecule has 0 aliphatic rings. The Kier molecular flexibility index (Phi) is 5.79. The fourth-order valence-electron chi connectivity index (χ4n) is 1.82. The van der Waals surface area contributed by atoms with Crippen LogP contribution in [-0.4, -0.2) is 41.7 Å². The zero-order chi connectivity index (χ0) is 14.5. The molecule has 0 aliphatic heterocycles. The number of carbonyl (C=O) groups excluding carboxylic acids is 1. The molecule has 1 aromatic rings. The van der Waals surface area contributed by atoms with E-state index in [0.717, 1.165) is 5.56 Å². The quantitative estimate of drug-likeness (QED) is 0.835. The standard InChI is InChI=1S/C14H21ClN2O2/c1-14(2,19)10-17(3)9-13(18)16-8-11-4-6-12(15)7-5-11/h4-7,19H,8-10H2,1-3H3,(H,16,18). The lowest BCUT2D eigenvalue weighted by Gasteiger charge is -2.24. The highest BCUT2D eigenvalue weighted by Gasteiger charge is 2.17. The van der Waals surface area contributed by atoms with E-state index >= 15 is 0 Å². The maximum absolute atomic E-state index is 11.7. The van der Waals surface area contributed by atoms with Gasteiger partial charge in [0.05, 0.1) is 12.1 Å². The number of likely N-dealkylation sites (N-methyl/N-ethyl adjacent to an activating group) is 1. The van der Waals surface area contributed by atoms with Crippen LogP contribution in [0.3, 0.4) is 0 Å². The molecular formula is C14H21ClN2O2. The summed E-state index contributed by atoms with van der Waals surface area (Å²) in [5, 5.41) is 13.2. The highest BCUT2D eigenvalue weighted by atomic mass is 35.5. The van der Waals surface area contributed by atoms with Gasteiger partial charge in [-0.1, -0.05) is 23.7 Å². The number of hydrogen-bond acceptors (Lipinski definition) is 3. The highest BCUT2D eigenvalue weighted by molar-refractivity contribution is 6.30. The van der Waals surface area contributed by atoms with Crippen molar-refractivity contribution in [2.45, 2.75) is 26.0 Å². The molecule has 0 aliphatic carbocycles. The number of benzene rings is 1. The zero-order valence-electron chi connectivity index (χ0n) is 11.6. The molecule has 106 valence electrons. The van der Waals surface area contributed by atoms with Gasteiger partial charge in [-0.05, 0) is 38.6 Å².